The molecule has 2 aromatic heterocycles. The van der Waals surface area contributed by atoms with Crippen LogP contribution in [0.4, 0.5) is 0 Å². The van der Waals surface area contributed by atoms with Gasteiger partial charge in [-0.3, -0.25) is 0 Å². The molecule has 0 aliphatic heterocycles. The zero-order valence-electron chi connectivity index (χ0n) is 16.9. The van der Waals surface area contributed by atoms with Crippen molar-refractivity contribution < 1.29 is 9.47 Å². The van der Waals surface area contributed by atoms with Crippen molar-refractivity contribution in [1.82, 2.24) is 24.8 Å². The lowest BCUT2D eigenvalue weighted by Gasteiger charge is -2.13. The predicted molar refractivity (Wildman–Crippen MR) is 111 cm³/mol. The van der Waals surface area contributed by atoms with E-state index in [0.717, 1.165) is 16.9 Å². The molecule has 0 saturated carbocycles. The van der Waals surface area contributed by atoms with E-state index in [9.17, 15) is 4.79 Å². The van der Waals surface area contributed by atoms with E-state index >= 15 is 0 Å². The molecule has 30 heavy (non-hydrogen) atoms. The van der Waals surface area contributed by atoms with Crippen LogP contribution in [-0.2, 0) is 13.7 Å². The van der Waals surface area contributed by atoms with Crippen molar-refractivity contribution in [1.29, 1.82) is 0 Å². The van der Waals surface area contributed by atoms with Gasteiger partial charge in [-0.2, -0.15) is 9.36 Å². The number of hydrogen-bond acceptors (Lipinski definition) is 6. The Balaban J connectivity index is 1.55. The van der Waals surface area contributed by atoms with Crippen LogP contribution in [0.1, 0.15) is 16.8 Å². The fraction of sp³-hybridized carbons (Fsp3) is 0.182. The topological polar surface area (TPSA) is 84.1 Å². The summed E-state index contributed by atoms with van der Waals surface area (Å²) in [6.07, 6.45) is 0. The van der Waals surface area contributed by atoms with Crippen LogP contribution in [-0.4, -0.2) is 24.8 Å². The quantitative estimate of drug-likeness (QED) is 0.491. The Morgan fingerprint density at radius 2 is 1.73 bits per heavy atom. The Hall–Kier alpha value is -3.94. The molecule has 0 unspecified atom stereocenters. The molecule has 4 aromatic rings. The molecular formula is C22H21N5O3. The maximum atomic E-state index is 12.3. The second kappa shape index (κ2) is 8.20. The number of aromatic nitrogens is 5. The lowest BCUT2D eigenvalue weighted by molar-refractivity contribution is 0.291. The number of para-hydroxylation sites is 1. The molecule has 0 N–H and O–H groups in total. The third-order valence-corrected chi connectivity index (χ3v) is 4.68. The summed E-state index contributed by atoms with van der Waals surface area (Å²) in [4.78, 5) is 16.8. The van der Waals surface area contributed by atoms with E-state index in [-0.39, 0.29) is 12.3 Å². The van der Waals surface area contributed by atoms with Crippen LogP contribution in [0, 0.1) is 13.8 Å². The fourth-order valence-corrected chi connectivity index (χ4v) is 3.01. The summed E-state index contributed by atoms with van der Waals surface area (Å²) in [6.45, 7) is 4.05. The first kappa shape index (κ1) is 19.4. The predicted octanol–water partition coefficient (Wildman–Crippen LogP) is 3.35. The Morgan fingerprint density at radius 3 is 2.43 bits per heavy atom. The van der Waals surface area contributed by atoms with Gasteiger partial charge in [0.25, 0.3) is 0 Å². The molecule has 0 fully saturated rings. The molecule has 152 valence electrons. The van der Waals surface area contributed by atoms with Crippen LogP contribution in [0.3, 0.4) is 0 Å². The van der Waals surface area contributed by atoms with Gasteiger partial charge >= 0.3 is 5.69 Å². The molecule has 0 radical (unpaired) electrons. The van der Waals surface area contributed by atoms with Gasteiger partial charge < -0.3 is 9.47 Å². The highest BCUT2D eigenvalue weighted by Crippen LogP contribution is 2.26. The van der Waals surface area contributed by atoms with E-state index in [1.807, 2.05) is 68.4 Å². The first-order chi connectivity index (χ1) is 14.5. The fourth-order valence-electron chi connectivity index (χ4n) is 3.01. The van der Waals surface area contributed by atoms with Crippen molar-refractivity contribution in [3.05, 3.63) is 88.0 Å². The van der Waals surface area contributed by atoms with Crippen LogP contribution < -0.4 is 15.2 Å². The van der Waals surface area contributed by atoms with E-state index in [2.05, 4.69) is 15.4 Å². The minimum atomic E-state index is -0.321. The summed E-state index contributed by atoms with van der Waals surface area (Å²) in [6, 6.07) is 18.8. The van der Waals surface area contributed by atoms with Crippen LogP contribution in [0.25, 0.3) is 5.69 Å². The summed E-state index contributed by atoms with van der Waals surface area (Å²) in [5.41, 5.74) is 2.84. The van der Waals surface area contributed by atoms with Gasteiger partial charge in [-0.1, -0.05) is 30.3 Å². The standard InChI is InChI=1S/C22H21N5O3/c1-15-8-7-11-19(27-22(28)26(3)24-25-27)18(15)14-29-21-13-12-20(16(2)23-21)30-17-9-5-4-6-10-17/h4-13H,14H2,1-3H3. The Morgan fingerprint density at radius 1 is 0.933 bits per heavy atom. The van der Waals surface area contributed by atoms with E-state index in [0.29, 0.717) is 23.0 Å². The summed E-state index contributed by atoms with van der Waals surface area (Å²) < 4.78 is 14.2. The van der Waals surface area contributed by atoms with Crippen molar-refractivity contribution in [3.63, 3.8) is 0 Å². The highest BCUT2D eigenvalue weighted by Gasteiger charge is 2.14. The smallest absolute Gasteiger partial charge is 0.368 e. The highest BCUT2D eigenvalue weighted by atomic mass is 16.5. The van der Waals surface area contributed by atoms with Crippen LogP contribution in [0.5, 0.6) is 17.4 Å². The minimum Gasteiger partial charge on any atom is -0.473 e. The zero-order valence-corrected chi connectivity index (χ0v) is 16.9. The third kappa shape index (κ3) is 3.93. The molecule has 0 aliphatic carbocycles. The number of nitrogens with zero attached hydrogens (tertiary/aromatic N) is 5. The van der Waals surface area contributed by atoms with E-state index in [4.69, 9.17) is 9.47 Å². The molecule has 0 spiro atoms. The molecule has 8 nitrogen and oxygen atoms in total. The van der Waals surface area contributed by atoms with Gasteiger partial charge in [0.1, 0.15) is 18.1 Å². The highest BCUT2D eigenvalue weighted by molar-refractivity contribution is 5.44. The molecule has 0 aliphatic rings. The monoisotopic (exact) mass is 403 g/mol. The largest absolute Gasteiger partial charge is 0.473 e. The summed E-state index contributed by atoms with van der Waals surface area (Å²) in [7, 11) is 1.56. The van der Waals surface area contributed by atoms with E-state index in [1.54, 1.807) is 13.1 Å². The molecule has 4 rings (SSSR count). The lowest BCUT2D eigenvalue weighted by atomic mass is 10.1. The number of tetrazole rings is 1. The van der Waals surface area contributed by atoms with Crippen LogP contribution in [0.2, 0.25) is 0 Å². The molecule has 0 amide bonds. The average molecular weight is 403 g/mol. The molecule has 0 bridgehead atoms. The summed E-state index contributed by atoms with van der Waals surface area (Å²) in [5.74, 6) is 1.87. The molecule has 0 saturated heterocycles. The van der Waals surface area contributed by atoms with Gasteiger partial charge in [0.2, 0.25) is 5.88 Å². The first-order valence-electron chi connectivity index (χ1n) is 9.44. The molecule has 2 aromatic carbocycles. The van der Waals surface area contributed by atoms with Crippen LogP contribution >= 0.6 is 0 Å². The summed E-state index contributed by atoms with van der Waals surface area (Å²) in [5, 5.41) is 7.72. The van der Waals surface area contributed by atoms with Crippen molar-refractivity contribution >= 4 is 0 Å². The van der Waals surface area contributed by atoms with Crippen molar-refractivity contribution in [2.24, 2.45) is 7.05 Å². The molecular weight excluding hydrogens is 382 g/mol. The Labute approximate surface area is 173 Å². The number of pyridine rings is 1. The average Bonchev–Trinajstić information content (AvgIpc) is 3.08. The van der Waals surface area contributed by atoms with Gasteiger partial charge in [-0.15, -0.1) is 0 Å². The molecule has 0 atom stereocenters. The van der Waals surface area contributed by atoms with Gasteiger partial charge in [0, 0.05) is 18.7 Å². The van der Waals surface area contributed by atoms with Gasteiger partial charge in [-0.05, 0) is 54.1 Å². The minimum absolute atomic E-state index is 0.232. The Kier molecular flexibility index (Phi) is 5.30. The maximum absolute atomic E-state index is 12.3. The molecule has 8 heteroatoms. The third-order valence-electron chi connectivity index (χ3n) is 4.68. The molecule has 2 heterocycles. The maximum Gasteiger partial charge on any atom is 0.368 e. The number of aryl methyl sites for hydroxylation is 3. The van der Waals surface area contributed by atoms with Gasteiger partial charge in [0.15, 0.2) is 0 Å². The van der Waals surface area contributed by atoms with E-state index < -0.39 is 0 Å². The number of hydrogen-bond donors (Lipinski definition) is 0. The first-order valence-corrected chi connectivity index (χ1v) is 9.44. The summed E-state index contributed by atoms with van der Waals surface area (Å²) >= 11 is 0. The number of rotatable bonds is 6. The van der Waals surface area contributed by atoms with Crippen molar-refractivity contribution in [2.45, 2.75) is 20.5 Å². The Bertz CT molecular complexity index is 1230. The lowest BCUT2D eigenvalue weighted by Crippen LogP contribution is -2.23. The zero-order chi connectivity index (χ0) is 21.1. The number of benzene rings is 2. The van der Waals surface area contributed by atoms with Gasteiger partial charge in [0.05, 0.1) is 11.4 Å². The SMILES string of the molecule is Cc1cccc(-n2nnn(C)c2=O)c1COc1ccc(Oc2ccccc2)c(C)n1. The van der Waals surface area contributed by atoms with Crippen molar-refractivity contribution in [3.8, 4) is 23.1 Å². The second-order valence-electron chi connectivity index (χ2n) is 6.81. The van der Waals surface area contributed by atoms with Crippen molar-refractivity contribution in [2.75, 3.05) is 0 Å². The second-order valence-corrected chi connectivity index (χ2v) is 6.81. The normalized spacial score (nSPS) is 10.8. The van der Waals surface area contributed by atoms with Gasteiger partial charge in [-0.25, -0.2) is 9.78 Å². The van der Waals surface area contributed by atoms with E-state index in [1.165, 1.54) is 9.36 Å². The number of ether oxygens (including phenoxy) is 2. The van der Waals surface area contributed by atoms with Crippen LogP contribution in [0.15, 0.2) is 65.5 Å².